The molecule has 0 amide bonds. The van der Waals surface area contributed by atoms with Gasteiger partial charge in [-0.05, 0) is 61.8 Å². The van der Waals surface area contributed by atoms with E-state index < -0.39 is 9.84 Å². The van der Waals surface area contributed by atoms with Crippen molar-refractivity contribution in [3.05, 3.63) is 34.9 Å². The predicted molar refractivity (Wildman–Crippen MR) is 86.4 cm³/mol. The lowest BCUT2D eigenvalue weighted by Crippen LogP contribution is -2.31. The highest BCUT2D eigenvalue weighted by Crippen LogP contribution is 2.30. The molecule has 2 unspecified atom stereocenters. The fraction of sp³-hybridized carbons (Fsp3) is 0.625. The van der Waals surface area contributed by atoms with E-state index in [1.54, 1.807) is 0 Å². The van der Waals surface area contributed by atoms with E-state index >= 15 is 0 Å². The van der Waals surface area contributed by atoms with Crippen LogP contribution in [0.2, 0.25) is 5.02 Å². The molecular weight excluding hydrogens is 306 g/mol. The molecule has 1 aromatic rings. The summed E-state index contributed by atoms with van der Waals surface area (Å²) in [4.78, 5) is 0. The van der Waals surface area contributed by atoms with Crippen LogP contribution in [0.5, 0.6) is 0 Å². The quantitative estimate of drug-likeness (QED) is 0.873. The van der Waals surface area contributed by atoms with Gasteiger partial charge in [-0.1, -0.05) is 23.7 Å². The van der Waals surface area contributed by atoms with Crippen molar-refractivity contribution in [2.75, 3.05) is 18.1 Å². The fourth-order valence-corrected chi connectivity index (χ4v) is 5.31. The van der Waals surface area contributed by atoms with Gasteiger partial charge in [0.1, 0.15) is 0 Å². The molecule has 0 spiro atoms. The minimum absolute atomic E-state index is 0.278. The summed E-state index contributed by atoms with van der Waals surface area (Å²) in [6, 6.07) is 8.58. The first-order valence-corrected chi connectivity index (χ1v) is 9.90. The van der Waals surface area contributed by atoms with Crippen LogP contribution in [-0.2, 0) is 16.3 Å². The van der Waals surface area contributed by atoms with E-state index in [-0.39, 0.29) is 5.92 Å². The summed E-state index contributed by atoms with van der Waals surface area (Å²) >= 11 is 6.06. The second kappa shape index (κ2) is 6.27. The molecule has 2 aliphatic rings. The molecule has 0 bridgehead atoms. The normalized spacial score (nSPS) is 25.9. The van der Waals surface area contributed by atoms with Crippen LogP contribution >= 0.6 is 11.6 Å². The van der Waals surface area contributed by atoms with Crippen LogP contribution in [0.25, 0.3) is 0 Å². The maximum atomic E-state index is 11.8. The van der Waals surface area contributed by atoms with Crippen molar-refractivity contribution in [3.8, 4) is 0 Å². The molecule has 0 radical (unpaired) electrons. The number of halogens is 1. The molecule has 1 saturated carbocycles. The Morgan fingerprint density at radius 3 is 2.71 bits per heavy atom. The van der Waals surface area contributed by atoms with E-state index in [4.69, 9.17) is 11.6 Å². The summed E-state index contributed by atoms with van der Waals surface area (Å²) in [6.45, 7) is 0.914. The molecule has 3 nitrogen and oxygen atoms in total. The van der Waals surface area contributed by atoms with Gasteiger partial charge in [0, 0.05) is 11.1 Å². The number of hydrogen-bond donors (Lipinski definition) is 1. The van der Waals surface area contributed by atoms with Crippen molar-refractivity contribution in [1.82, 2.24) is 5.32 Å². The Morgan fingerprint density at radius 1 is 1.29 bits per heavy atom. The number of benzene rings is 1. The molecule has 0 aromatic heterocycles. The van der Waals surface area contributed by atoms with Gasteiger partial charge in [0.05, 0.1) is 11.5 Å². The molecule has 1 heterocycles. The molecule has 1 aliphatic carbocycles. The highest BCUT2D eigenvalue weighted by Gasteiger charge is 2.34. The number of nitrogens with one attached hydrogen (secondary N) is 1. The second-order valence-corrected chi connectivity index (χ2v) is 9.10. The fourth-order valence-electron chi connectivity index (χ4n) is 3.17. The lowest BCUT2D eigenvalue weighted by molar-refractivity contribution is 0.342. The largest absolute Gasteiger partial charge is 0.314 e. The molecule has 2 atom stereocenters. The van der Waals surface area contributed by atoms with Gasteiger partial charge in [-0.25, -0.2) is 8.42 Å². The van der Waals surface area contributed by atoms with Gasteiger partial charge in [0.25, 0.3) is 0 Å². The molecule has 1 saturated heterocycles. The van der Waals surface area contributed by atoms with Gasteiger partial charge in [0.2, 0.25) is 0 Å². The van der Waals surface area contributed by atoms with Gasteiger partial charge >= 0.3 is 0 Å². The van der Waals surface area contributed by atoms with Gasteiger partial charge in [-0.3, -0.25) is 0 Å². The Hall–Kier alpha value is -0.580. The lowest BCUT2D eigenvalue weighted by Gasteiger charge is -2.23. The Balaban J connectivity index is 1.68. The third-order valence-electron chi connectivity index (χ3n) is 4.57. The third-order valence-corrected chi connectivity index (χ3v) is 6.60. The SMILES string of the molecule is O=S1(=O)CCC(C(CNC2CC2)Cc2cccc(Cl)c2)C1. The summed E-state index contributed by atoms with van der Waals surface area (Å²) in [5, 5.41) is 4.32. The zero-order valence-corrected chi connectivity index (χ0v) is 13.7. The van der Waals surface area contributed by atoms with E-state index in [2.05, 4.69) is 11.4 Å². The van der Waals surface area contributed by atoms with Crippen LogP contribution in [0.4, 0.5) is 0 Å². The molecule has 1 aromatic carbocycles. The Morgan fingerprint density at radius 2 is 2.10 bits per heavy atom. The van der Waals surface area contributed by atoms with Crippen molar-refractivity contribution in [2.24, 2.45) is 11.8 Å². The van der Waals surface area contributed by atoms with Crippen LogP contribution in [0.3, 0.4) is 0 Å². The maximum Gasteiger partial charge on any atom is 0.150 e. The number of sulfone groups is 1. The van der Waals surface area contributed by atoms with Crippen LogP contribution in [0, 0.1) is 11.8 Å². The van der Waals surface area contributed by atoms with Crippen LogP contribution < -0.4 is 5.32 Å². The van der Waals surface area contributed by atoms with Crippen LogP contribution in [0.1, 0.15) is 24.8 Å². The highest BCUT2D eigenvalue weighted by molar-refractivity contribution is 7.91. The molecule has 116 valence electrons. The zero-order valence-electron chi connectivity index (χ0n) is 12.1. The first-order valence-electron chi connectivity index (χ1n) is 7.70. The topological polar surface area (TPSA) is 46.2 Å². The summed E-state index contributed by atoms with van der Waals surface area (Å²) in [5.41, 5.74) is 1.20. The predicted octanol–water partition coefficient (Wildman–Crippen LogP) is 2.69. The highest BCUT2D eigenvalue weighted by atomic mass is 35.5. The van der Waals surface area contributed by atoms with Gasteiger partial charge in [-0.15, -0.1) is 0 Å². The smallest absolute Gasteiger partial charge is 0.150 e. The van der Waals surface area contributed by atoms with E-state index in [1.807, 2.05) is 18.2 Å². The van der Waals surface area contributed by atoms with Gasteiger partial charge in [-0.2, -0.15) is 0 Å². The monoisotopic (exact) mass is 327 g/mol. The van der Waals surface area contributed by atoms with Crippen molar-refractivity contribution >= 4 is 21.4 Å². The summed E-state index contributed by atoms with van der Waals surface area (Å²) in [7, 11) is -2.82. The van der Waals surface area contributed by atoms with E-state index in [0.717, 1.165) is 24.4 Å². The molecular formula is C16H22ClNO2S. The summed E-state index contributed by atoms with van der Waals surface area (Å²) in [5.74, 6) is 1.36. The van der Waals surface area contributed by atoms with E-state index in [0.29, 0.717) is 23.5 Å². The maximum absolute atomic E-state index is 11.8. The minimum Gasteiger partial charge on any atom is -0.314 e. The summed E-state index contributed by atoms with van der Waals surface area (Å²) < 4.78 is 23.5. The lowest BCUT2D eigenvalue weighted by atomic mass is 9.86. The molecule has 3 rings (SSSR count). The Labute approximate surface area is 132 Å². The number of rotatable bonds is 6. The Bertz CT molecular complexity index is 598. The van der Waals surface area contributed by atoms with Crippen molar-refractivity contribution in [3.63, 3.8) is 0 Å². The molecule has 21 heavy (non-hydrogen) atoms. The second-order valence-electron chi connectivity index (χ2n) is 6.44. The van der Waals surface area contributed by atoms with Crippen molar-refractivity contribution in [1.29, 1.82) is 0 Å². The first kappa shape index (κ1) is 15.3. The Kier molecular flexibility index (Phi) is 4.57. The first-order chi connectivity index (χ1) is 10.0. The third kappa shape index (κ3) is 4.44. The molecule has 2 fully saturated rings. The van der Waals surface area contributed by atoms with Crippen LogP contribution in [0.15, 0.2) is 24.3 Å². The van der Waals surface area contributed by atoms with Gasteiger partial charge in [0.15, 0.2) is 9.84 Å². The molecule has 1 aliphatic heterocycles. The molecule has 1 N–H and O–H groups in total. The van der Waals surface area contributed by atoms with Crippen molar-refractivity contribution in [2.45, 2.75) is 31.7 Å². The van der Waals surface area contributed by atoms with E-state index in [1.165, 1.54) is 18.4 Å². The minimum atomic E-state index is -2.82. The number of hydrogen-bond acceptors (Lipinski definition) is 3. The molecule has 5 heteroatoms. The average Bonchev–Trinajstić information content (AvgIpc) is 3.17. The van der Waals surface area contributed by atoms with Crippen LogP contribution in [-0.4, -0.2) is 32.5 Å². The van der Waals surface area contributed by atoms with E-state index in [9.17, 15) is 8.42 Å². The standard InChI is InChI=1S/C16H22ClNO2S/c17-15-3-1-2-12(9-15)8-14(10-18-16-4-5-16)13-6-7-21(19,20)11-13/h1-3,9,13-14,16,18H,4-8,10-11H2. The van der Waals surface area contributed by atoms with Crippen molar-refractivity contribution < 1.29 is 8.42 Å². The zero-order chi connectivity index (χ0) is 14.9. The summed E-state index contributed by atoms with van der Waals surface area (Å²) in [6.07, 6.45) is 4.22. The average molecular weight is 328 g/mol. The van der Waals surface area contributed by atoms with Gasteiger partial charge < -0.3 is 5.32 Å².